The molecule has 0 saturated heterocycles. The van der Waals surface area contributed by atoms with Crippen molar-refractivity contribution in [2.45, 2.75) is 52.1 Å². The number of nitrogens with zero attached hydrogens (tertiary/aromatic N) is 2. The van der Waals surface area contributed by atoms with E-state index in [0.29, 0.717) is 24.2 Å². The molecule has 1 aliphatic rings. The minimum Gasteiger partial charge on any atom is -0.362 e. The lowest BCUT2D eigenvalue weighted by Gasteiger charge is -2.31. The number of hydrogen-bond donors (Lipinski definition) is 2. The van der Waals surface area contributed by atoms with E-state index in [1.54, 1.807) is 17.0 Å². The standard InChI is InChI=1S/C15H26N4O/c1-11(2)10-19-8-7-17-14(15(19)20)18-13-6-4-3-5-12(13)9-16/h7-8,11-13H,3-6,9-10,16H2,1-2H3,(H,17,18). The Morgan fingerprint density at radius 2 is 2.20 bits per heavy atom. The van der Waals surface area contributed by atoms with Crippen molar-refractivity contribution in [3.63, 3.8) is 0 Å². The second-order valence-corrected chi connectivity index (χ2v) is 6.16. The average Bonchev–Trinajstić information content (AvgIpc) is 2.43. The summed E-state index contributed by atoms with van der Waals surface area (Å²) in [5.74, 6) is 1.36. The van der Waals surface area contributed by atoms with Gasteiger partial charge in [-0.3, -0.25) is 4.79 Å². The van der Waals surface area contributed by atoms with Gasteiger partial charge >= 0.3 is 0 Å². The van der Waals surface area contributed by atoms with Gasteiger partial charge in [0, 0.05) is 25.0 Å². The molecule has 2 rings (SSSR count). The lowest BCUT2D eigenvalue weighted by atomic mass is 9.84. The molecule has 0 aromatic carbocycles. The van der Waals surface area contributed by atoms with E-state index in [9.17, 15) is 4.79 Å². The lowest BCUT2D eigenvalue weighted by Crippen LogP contribution is -2.39. The van der Waals surface area contributed by atoms with Crippen molar-refractivity contribution < 1.29 is 0 Å². The van der Waals surface area contributed by atoms with E-state index in [0.717, 1.165) is 19.4 Å². The zero-order valence-electron chi connectivity index (χ0n) is 12.5. The van der Waals surface area contributed by atoms with Crippen molar-refractivity contribution in [3.8, 4) is 0 Å². The van der Waals surface area contributed by atoms with Crippen molar-refractivity contribution in [1.82, 2.24) is 9.55 Å². The molecule has 0 bridgehead atoms. The maximum Gasteiger partial charge on any atom is 0.293 e. The van der Waals surface area contributed by atoms with Gasteiger partial charge in [-0.05, 0) is 31.2 Å². The fourth-order valence-corrected chi connectivity index (χ4v) is 2.94. The number of hydrogen-bond acceptors (Lipinski definition) is 4. The Kier molecular flexibility index (Phi) is 5.17. The minimum absolute atomic E-state index is 0.0254. The highest BCUT2D eigenvalue weighted by atomic mass is 16.1. The third kappa shape index (κ3) is 3.60. The summed E-state index contributed by atoms with van der Waals surface area (Å²) in [6.07, 6.45) is 8.10. The molecule has 5 heteroatoms. The van der Waals surface area contributed by atoms with Gasteiger partial charge in [0.2, 0.25) is 0 Å². The monoisotopic (exact) mass is 278 g/mol. The lowest BCUT2D eigenvalue weighted by molar-refractivity contribution is 0.331. The third-order valence-electron chi connectivity index (χ3n) is 4.01. The fraction of sp³-hybridized carbons (Fsp3) is 0.733. The molecule has 1 aromatic heterocycles. The van der Waals surface area contributed by atoms with Crippen LogP contribution in [0.2, 0.25) is 0 Å². The molecular weight excluding hydrogens is 252 g/mol. The van der Waals surface area contributed by atoms with Gasteiger partial charge in [-0.2, -0.15) is 0 Å². The highest BCUT2D eigenvalue weighted by Gasteiger charge is 2.24. The zero-order chi connectivity index (χ0) is 14.5. The fourth-order valence-electron chi connectivity index (χ4n) is 2.94. The molecule has 112 valence electrons. The first-order valence-corrected chi connectivity index (χ1v) is 7.64. The van der Waals surface area contributed by atoms with E-state index in [2.05, 4.69) is 24.1 Å². The highest BCUT2D eigenvalue weighted by molar-refractivity contribution is 5.32. The van der Waals surface area contributed by atoms with Crippen LogP contribution in [0.25, 0.3) is 0 Å². The molecule has 5 nitrogen and oxygen atoms in total. The summed E-state index contributed by atoms with van der Waals surface area (Å²) in [6.45, 7) is 5.60. The topological polar surface area (TPSA) is 72.9 Å². The largest absolute Gasteiger partial charge is 0.362 e. The van der Waals surface area contributed by atoms with Crippen LogP contribution in [0, 0.1) is 11.8 Å². The smallest absolute Gasteiger partial charge is 0.293 e. The second kappa shape index (κ2) is 6.88. The zero-order valence-corrected chi connectivity index (χ0v) is 12.5. The van der Waals surface area contributed by atoms with Crippen LogP contribution < -0.4 is 16.6 Å². The molecule has 20 heavy (non-hydrogen) atoms. The van der Waals surface area contributed by atoms with Crippen LogP contribution in [0.15, 0.2) is 17.2 Å². The van der Waals surface area contributed by atoms with Crippen molar-refractivity contribution in [2.24, 2.45) is 17.6 Å². The average molecular weight is 278 g/mol. The van der Waals surface area contributed by atoms with Crippen molar-refractivity contribution in [1.29, 1.82) is 0 Å². The summed E-state index contributed by atoms with van der Waals surface area (Å²) in [5, 5.41) is 3.34. The number of rotatable bonds is 5. The molecule has 1 aromatic rings. The summed E-state index contributed by atoms with van der Waals surface area (Å²) >= 11 is 0. The molecule has 1 saturated carbocycles. The molecule has 0 radical (unpaired) electrons. The number of anilines is 1. The van der Waals surface area contributed by atoms with Gasteiger partial charge in [-0.25, -0.2) is 4.98 Å². The Morgan fingerprint density at radius 1 is 1.45 bits per heavy atom. The van der Waals surface area contributed by atoms with Crippen LogP contribution in [-0.2, 0) is 6.54 Å². The Morgan fingerprint density at radius 3 is 2.90 bits per heavy atom. The van der Waals surface area contributed by atoms with Gasteiger partial charge in [0.25, 0.3) is 5.56 Å². The maximum atomic E-state index is 12.4. The summed E-state index contributed by atoms with van der Waals surface area (Å²) in [5.41, 5.74) is 5.81. The molecule has 0 aliphatic heterocycles. The molecule has 1 heterocycles. The van der Waals surface area contributed by atoms with Crippen LogP contribution in [0.5, 0.6) is 0 Å². The van der Waals surface area contributed by atoms with E-state index in [4.69, 9.17) is 5.73 Å². The SMILES string of the molecule is CC(C)Cn1ccnc(NC2CCCCC2CN)c1=O. The van der Waals surface area contributed by atoms with E-state index < -0.39 is 0 Å². The summed E-state index contributed by atoms with van der Waals surface area (Å²) in [7, 11) is 0. The first-order chi connectivity index (χ1) is 9.61. The molecule has 2 unspecified atom stereocenters. The Balaban J connectivity index is 2.14. The molecule has 0 amide bonds. The Hall–Kier alpha value is -1.36. The maximum absolute atomic E-state index is 12.4. The van der Waals surface area contributed by atoms with E-state index >= 15 is 0 Å². The van der Waals surface area contributed by atoms with E-state index in [1.807, 2.05) is 0 Å². The summed E-state index contributed by atoms with van der Waals surface area (Å²) in [6, 6.07) is 0.281. The molecule has 2 atom stereocenters. The highest BCUT2D eigenvalue weighted by Crippen LogP contribution is 2.25. The van der Waals surface area contributed by atoms with Crippen molar-refractivity contribution >= 4 is 5.82 Å². The number of nitrogens with one attached hydrogen (secondary N) is 1. The first-order valence-electron chi connectivity index (χ1n) is 7.64. The number of nitrogens with two attached hydrogens (primary N) is 1. The van der Waals surface area contributed by atoms with Crippen LogP contribution in [0.3, 0.4) is 0 Å². The number of aromatic nitrogens is 2. The third-order valence-corrected chi connectivity index (χ3v) is 4.01. The minimum atomic E-state index is -0.0254. The first kappa shape index (κ1) is 15.0. The van der Waals surface area contributed by atoms with Gasteiger partial charge in [0.1, 0.15) is 0 Å². The van der Waals surface area contributed by atoms with Crippen LogP contribution >= 0.6 is 0 Å². The predicted molar refractivity (Wildman–Crippen MR) is 81.8 cm³/mol. The van der Waals surface area contributed by atoms with Crippen LogP contribution in [0.1, 0.15) is 39.5 Å². The van der Waals surface area contributed by atoms with Crippen LogP contribution in [-0.4, -0.2) is 22.1 Å². The molecule has 1 fully saturated rings. The molecular formula is C15H26N4O. The normalized spacial score (nSPS) is 23.0. The van der Waals surface area contributed by atoms with Gasteiger partial charge in [-0.15, -0.1) is 0 Å². The van der Waals surface area contributed by atoms with Gasteiger partial charge in [0.05, 0.1) is 0 Å². The van der Waals surface area contributed by atoms with Crippen LogP contribution in [0.4, 0.5) is 5.82 Å². The van der Waals surface area contributed by atoms with E-state index in [-0.39, 0.29) is 11.6 Å². The van der Waals surface area contributed by atoms with Crippen molar-refractivity contribution in [2.75, 3.05) is 11.9 Å². The summed E-state index contributed by atoms with van der Waals surface area (Å²) in [4.78, 5) is 16.6. The van der Waals surface area contributed by atoms with Crippen molar-refractivity contribution in [3.05, 3.63) is 22.7 Å². The summed E-state index contributed by atoms with van der Waals surface area (Å²) < 4.78 is 1.74. The Bertz CT molecular complexity index is 483. The Labute approximate surface area is 120 Å². The molecule has 3 N–H and O–H groups in total. The predicted octanol–water partition coefficient (Wildman–Crippen LogP) is 1.83. The van der Waals surface area contributed by atoms with Gasteiger partial charge in [-0.1, -0.05) is 26.7 Å². The van der Waals surface area contributed by atoms with E-state index in [1.165, 1.54) is 12.8 Å². The van der Waals surface area contributed by atoms with Gasteiger partial charge in [0.15, 0.2) is 5.82 Å². The molecule has 1 aliphatic carbocycles. The molecule has 0 spiro atoms. The quantitative estimate of drug-likeness (QED) is 0.862. The second-order valence-electron chi connectivity index (χ2n) is 6.16. The van der Waals surface area contributed by atoms with Gasteiger partial charge < -0.3 is 15.6 Å².